The average Bonchev–Trinajstić information content (AvgIpc) is 2.32. The van der Waals surface area contributed by atoms with Gasteiger partial charge in [0.1, 0.15) is 6.29 Å². The fraction of sp³-hybridized carbons (Fsp3) is 0.929. The molecule has 2 fully saturated rings. The van der Waals surface area contributed by atoms with E-state index < -0.39 is 9.84 Å². The molecule has 1 aliphatic carbocycles. The molecule has 0 spiro atoms. The monoisotopic (exact) mass is 287 g/mol. The molecule has 3 atom stereocenters. The standard InChI is InChI=1S/C14H25NO3S/c1-12-4-3-5-14(8-12,11-16)10-15-6-7-19(17,18)9-13(15)2/h11-13H,3-10H2,1-2H3. The fourth-order valence-electron chi connectivity index (χ4n) is 3.66. The number of sulfone groups is 1. The number of aldehydes is 1. The molecule has 19 heavy (non-hydrogen) atoms. The minimum Gasteiger partial charge on any atom is -0.303 e. The number of carbonyl (C=O) groups is 1. The lowest BCUT2D eigenvalue weighted by Gasteiger charge is -2.42. The smallest absolute Gasteiger partial charge is 0.153 e. The Morgan fingerprint density at radius 1 is 1.37 bits per heavy atom. The third kappa shape index (κ3) is 3.57. The van der Waals surface area contributed by atoms with E-state index in [0.29, 0.717) is 12.5 Å². The van der Waals surface area contributed by atoms with Crippen molar-refractivity contribution in [3.05, 3.63) is 0 Å². The van der Waals surface area contributed by atoms with Crippen LogP contribution in [0.1, 0.15) is 39.5 Å². The summed E-state index contributed by atoms with van der Waals surface area (Å²) in [5.74, 6) is 1.07. The summed E-state index contributed by atoms with van der Waals surface area (Å²) in [6.07, 6.45) is 5.36. The van der Waals surface area contributed by atoms with Gasteiger partial charge in [0.15, 0.2) is 9.84 Å². The minimum atomic E-state index is -2.87. The molecule has 1 saturated heterocycles. The van der Waals surface area contributed by atoms with Gasteiger partial charge in [-0.15, -0.1) is 0 Å². The first-order valence-corrected chi connectivity index (χ1v) is 9.09. The van der Waals surface area contributed by atoms with Gasteiger partial charge < -0.3 is 4.79 Å². The number of nitrogens with zero attached hydrogens (tertiary/aromatic N) is 1. The molecule has 0 aromatic heterocycles. The van der Waals surface area contributed by atoms with Crippen molar-refractivity contribution in [1.82, 2.24) is 4.90 Å². The van der Waals surface area contributed by atoms with Gasteiger partial charge in [-0.25, -0.2) is 8.42 Å². The number of hydrogen-bond donors (Lipinski definition) is 0. The minimum absolute atomic E-state index is 0.0350. The lowest BCUT2D eigenvalue weighted by atomic mass is 9.70. The molecular weight excluding hydrogens is 262 g/mol. The van der Waals surface area contributed by atoms with Crippen molar-refractivity contribution >= 4 is 16.1 Å². The molecule has 0 radical (unpaired) electrons. The Morgan fingerprint density at radius 3 is 2.68 bits per heavy atom. The predicted molar refractivity (Wildman–Crippen MR) is 75.8 cm³/mol. The van der Waals surface area contributed by atoms with Gasteiger partial charge in [-0.3, -0.25) is 4.90 Å². The van der Waals surface area contributed by atoms with Crippen LogP contribution in [0.15, 0.2) is 0 Å². The maximum Gasteiger partial charge on any atom is 0.153 e. The van der Waals surface area contributed by atoms with E-state index in [0.717, 1.165) is 32.1 Å². The van der Waals surface area contributed by atoms with Crippen LogP contribution in [-0.2, 0) is 14.6 Å². The molecule has 1 heterocycles. The second-order valence-electron chi connectivity index (χ2n) is 6.62. The van der Waals surface area contributed by atoms with E-state index in [9.17, 15) is 13.2 Å². The van der Waals surface area contributed by atoms with E-state index in [-0.39, 0.29) is 23.0 Å². The van der Waals surface area contributed by atoms with Gasteiger partial charge in [0.2, 0.25) is 0 Å². The molecule has 0 aromatic rings. The maximum atomic E-state index is 11.6. The van der Waals surface area contributed by atoms with E-state index >= 15 is 0 Å². The summed E-state index contributed by atoms with van der Waals surface area (Å²) in [6, 6.07) is 0.0350. The normalized spacial score (nSPS) is 39.9. The van der Waals surface area contributed by atoms with E-state index in [1.54, 1.807) is 0 Å². The SMILES string of the molecule is CC1CCCC(C=O)(CN2CCS(=O)(=O)CC2C)C1. The van der Waals surface area contributed by atoms with Crippen LogP contribution in [0.5, 0.6) is 0 Å². The first-order valence-electron chi connectivity index (χ1n) is 7.27. The van der Waals surface area contributed by atoms with Crippen LogP contribution in [0.25, 0.3) is 0 Å². The van der Waals surface area contributed by atoms with Gasteiger partial charge in [0, 0.05) is 24.5 Å². The maximum absolute atomic E-state index is 11.6. The van der Waals surface area contributed by atoms with Gasteiger partial charge >= 0.3 is 0 Å². The number of hydrogen-bond acceptors (Lipinski definition) is 4. The second kappa shape index (κ2) is 5.52. The molecule has 0 bridgehead atoms. The average molecular weight is 287 g/mol. The van der Waals surface area contributed by atoms with Crippen LogP contribution in [0.2, 0.25) is 0 Å². The molecule has 5 heteroatoms. The Labute approximate surface area is 116 Å². The van der Waals surface area contributed by atoms with Crippen molar-refractivity contribution in [3.8, 4) is 0 Å². The highest BCUT2D eigenvalue weighted by Crippen LogP contribution is 2.39. The molecule has 110 valence electrons. The zero-order chi connectivity index (χ0) is 14.1. The van der Waals surface area contributed by atoms with Crippen molar-refractivity contribution in [3.63, 3.8) is 0 Å². The zero-order valence-corrected chi connectivity index (χ0v) is 12.8. The van der Waals surface area contributed by atoms with Gasteiger partial charge in [0.25, 0.3) is 0 Å². The molecule has 0 aromatic carbocycles. The third-order valence-electron chi connectivity index (χ3n) is 4.70. The molecule has 0 amide bonds. The van der Waals surface area contributed by atoms with E-state index in [1.807, 2.05) is 6.92 Å². The van der Waals surface area contributed by atoms with Crippen molar-refractivity contribution in [2.45, 2.75) is 45.6 Å². The Kier molecular flexibility index (Phi) is 4.35. The quantitative estimate of drug-likeness (QED) is 0.738. The Morgan fingerprint density at radius 2 is 2.11 bits per heavy atom. The largest absolute Gasteiger partial charge is 0.303 e. The van der Waals surface area contributed by atoms with Gasteiger partial charge in [-0.1, -0.05) is 19.8 Å². The lowest BCUT2D eigenvalue weighted by Crippen LogP contribution is -2.52. The summed E-state index contributed by atoms with van der Waals surface area (Å²) in [4.78, 5) is 13.8. The molecule has 4 nitrogen and oxygen atoms in total. The molecule has 2 rings (SSSR count). The topological polar surface area (TPSA) is 54.5 Å². The summed E-state index contributed by atoms with van der Waals surface area (Å²) in [7, 11) is -2.87. The van der Waals surface area contributed by atoms with Gasteiger partial charge in [-0.05, 0) is 25.7 Å². The Hall–Kier alpha value is -0.420. The highest BCUT2D eigenvalue weighted by Gasteiger charge is 2.39. The summed E-state index contributed by atoms with van der Waals surface area (Å²) in [6.45, 7) is 5.48. The van der Waals surface area contributed by atoms with Crippen molar-refractivity contribution in [1.29, 1.82) is 0 Å². The molecule has 1 aliphatic heterocycles. The van der Waals surface area contributed by atoms with Crippen LogP contribution in [0.3, 0.4) is 0 Å². The second-order valence-corrected chi connectivity index (χ2v) is 8.84. The fourth-order valence-corrected chi connectivity index (χ4v) is 5.29. The van der Waals surface area contributed by atoms with E-state index in [1.165, 1.54) is 6.42 Å². The Balaban J connectivity index is 2.04. The van der Waals surface area contributed by atoms with Crippen LogP contribution >= 0.6 is 0 Å². The molecule has 3 unspecified atom stereocenters. The van der Waals surface area contributed by atoms with Gasteiger partial charge in [-0.2, -0.15) is 0 Å². The molecular formula is C14H25NO3S. The summed E-state index contributed by atoms with van der Waals surface area (Å²) >= 11 is 0. The van der Waals surface area contributed by atoms with Crippen LogP contribution in [-0.4, -0.2) is 50.2 Å². The van der Waals surface area contributed by atoms with Crippen molar-refractivity contribution in [2.24, 2.45) is 11.3 Å². The van der Waals surface area contributed by atoms with Gasteiger partial charge in [0.05, 0.1) is 11.5 Å². The van der Waals surface area contributed by atoms with E-state index in [2.05, 4.69) is 11.8 Å². The summed E-state index contributed by atoms with van der Waals surface area (Å²) in [5, 5.41) is 0. The molecule has 2 aliphatic rings. The highest BCUT2D eigenvalue weighted by molar-refractivity contribution is 7.91. The Bertz CT molecular complexity index is 434. The molecule has 0 N–H and O–H groups in total. The number of carbonyl (C=O) groups excluding carboxylic acids is 1. The lowest BCUT2D eigenvalue weighted by molar-refractivity contribution is -0.120. The van der Waals surface area contributed by atoms with Crippen LogP contribution in [0.4, 0.5) is 0 Å². The highest BCUT2D eigenvalue weighted by atomic mass is 32.2. The molecule has 1 saturated carbocycles. The van der Waals surface area contributed by atoms with Crippen molar-refractivity contribution in [2.75, 3.05) is 24.6 Å². The summed E-state index contributed by atoms with van der Waals surface area (Å²) in [5.41, 5.74) is -0.243. The summed E-state index contributed by atoms with van der Waals surface area (Å²) < 4.78 is 23.2. The predicted octanol–water partition coefficient (Wildman–Crippen LogP) is 1.50. The first-order chi connectivity index (χ1) is 8.86. The van der Waals surface area contributed by atoms with Crippen LogP contribution < -0.4 is 0 Å². The number of rotatable bonds is 3. The van der Waals surface area contributed by atoms with E-state index in [4.69, 9.17) is 0 Å². The van der Waals surface area contributed by atoms with Crippen molar-refractivity contribution < 1.29 is 13.2 Å². The zero-order valence-electron chi connectivity index (χ0n) is 12.0. The first kappa shape index (κ1) is 15.0. The van der Waals surface area contributed by atoms with Crippen LogP contribution in [0, 0.1) is 11.3 Å². The third-order valence-corrected chi connectivity index (χ3v) is 6.50.